The number of esters is 1. The van der Waals surface area contributed by atoms with Crippen LogP contribution >= 0.6 is 0 Å². The quantitative estimate of drug-likeness (QED) is 0.712. The first-order chi connectivity index (χ1) is 8.26. The van der Waals surface area contributed by atoms with Gasteiger partial charge in [-0.2, -0.15) is 0 Å². The Labute approximate surface area is 110 Å². The number of likely N-dealkylation sites (tertiary alicyclic amines) is 1. The van der Waals surface area contributed by atoms with Gasteiger partial charge in [-0.15, -0.1) is 0 Å². The second kappa shape index (κ2) is 5.72. The number of carbonyl (C=O) groups is 2. The van der Waals surface area contributed by atoms with E-state index in [0.29, 0.717) is 6.42 Å². The molecule has 4 nitrogen and oxygen atoms in total. The second-order valence-electron chi connectivity index (χ2n) is 5.97. The Morgan fingerprint density at radius 1 is 1.28 bits per heavy atom. The minimum Gasteiger partial charge on any atom is -0.458 e. The summed E-state index contributed by atoms with van der Waals surface area (Å²) >= 11 is 0. The molecule has 2 unspecified atom stereocenters. The van der Waals surface area contributed by atoms with Crippen LogP contribution in [0.4, 0.5) is 0 Å². The number of carbonyl (C=O) groups excluding carboxylic acids is 2. The summed E-state index contributed by atoms with van der Waals surface area (Å²) in [6.45, 7) is 9.14. The summed E-state index contributed by atoms with van der Waals surface area (Å²) in [5.74, 6) is -0.298. The van der Waals surface area contributed by atoms with Crippen LogP contribution in [-0.4, -0.2) is 34.5 Å². The van der Waals surface area contributed by atoms with Crippen molar-refractivity contribution in [3.63, 3.8) is 0 Å². The van der Waals surface area contributed by atoms with Gasteiger partial charge >= 0.3 is 5.97 Å². The van der Waals surface area contributed by atoms with Gasteiger partial charge in [0.1, 0.15) is 11.6 Å². The summed E-state index contributed by atoms with van der Waals surface area (Å²) in [6, 6.07) is -0.228. The number of ether oxygens (including phenoxy) is 1. The van der Waals surface area contributed by atoms with Crippen LogP contribution in [0, 0.1) is 0 Å². The van der Waals surface area contributed by atoms with Crippen LogP contribution in [0.3, 0.4) is 0 Å². The van der Waals surface area contributed by atoms with Crippen molar-refractivity contribution in [3.05, 3.63) is 0 Å². The molecule has 1 aliphatic rings. The zero-order chi connectivity index (χ0) is 13.9. The fourth-order valence-electron chi connectivity index (χ4n) is 2.56. The number of hydrogen-bond donors (Lipinski definition) is 0. The monoisotopic (exact) mass is 255 g/mol. The molecule has 1 rings (SSSR count). The van der Waals surface area contributed by atoms with Gasteiger partial charge in [-0.3, -0.25) is 4.79 Å². The fraction of sp³-hybridized carbons (Fsp3) is 0.857. The maximum absolute atomic E-state index is 12.2. The SMILES string of the molecule is CCC1CCCC(C(=O)OC(C)(C)C)N1C(C)=O. The van der Waals surface area contributed by atoms with E-state index >= 15 is 0 Å². The van der Waals surface area contributed by atoms with Gasteiger partial charge < -0.3 is 9.64 Å². The Kier molecular flexibility index (Phi) is 4.77. The average molecular weight is 255 g/mol. The Bertz CT molecular complexity index is 319. The van der Waals surface area contributed by atoms with Crippen LogP contribution < -0.4 is 0 Å². The summed E-state index contributed by atoms with van der Waals surface area (Å²) < 4.78 is 5.42. The number of piperidine rings is 1. The normalized spacial score (nSPS) is 24.8. The molecule has 0 radical (unpaired) electrons. The summed E-state index contributed by atoms with van der Waals surface area (Å²) in [5.41, 5.74) is -0.501. The number of amides is 1. The van der Waals surface area contributed by atoms with E-state index in [2.05, 4.69) is 6.92 Å². The molecule has 2 atom stereocenters. The van der Waals surface area contributed by atoms with Crippen molar-refractivity contribution in [2.45, 2.75) is 78.0 Å². The van der Waals surface area contributed by atoms with Crippen LogP contribution in [0.5, 0.6) is 0 Å². The van der Waals surface area contributed by atoms with Crippen LogP contribution in [-0.2, 0) is 14.3 Å². The minimum absolute atomic E-state index is 0.0302. The molecule has 18 heavy (non-hydrogen) atoms. The molecule has 0 aromatic heterocycles. The van der Waals surface area contributed by atoms with E-state index in [1.54, 1.807) is 4.90 Å². The molecule has 0 aromatic carbocycles. The zero-order valence-corrected chi connectivity index (χ0v) is 12.2. The van der Waals surface area contributed by atoms with Crippen molar-refractivity contribution in [2.75, 3.05) is 0 Å². The molecule has 104 valence electrons. The van der Waals surface area contributed by atoms with Crippen LogP contribution in [0.25, 0.3) is 0 Å². The predicted octanol–water partition coefficient (Wildman–Crippen LogP) is 2.51. The largest absolute Gasteiger partial charge is 0.458 e. The Hall–Kier alpha value is -1.06. The highest BCUT2D eigenvalue weighted by molar-refractivity contribution is 5.84. The van der Waals surface area contributed by atoms with Gasteiger partial charge in [-0.1, -0.05) is 6.92 Å². The average Bonchev–Trinajstić information content (AvgIpc) is 2.25. The molecule has 1 heterocycles. The van der Waals surface area contributed by atoms with E-state index in [-0.39, 0.29) is 17.9 Å². The zero-order valence-electron chi connectivity index (χ0n) is 12.2. The predicted molar refractivity (Wildman–Crippen MR) is 70.1 cm³/mol. The highest BCUT2D eigenvalue weighted by Gasteiger charge is 2.38. The molecule has 1 aliphatic heterocycles. The van der Waals surface area contributed by atoms with Crippen molar-refractivity contribution in [2.24, 2.45) is 0 Å². The third-order valence-corrected chi connectivity index (χ3v) is 3.26. The van der Waals surface area contributed by atoms with Crippen molar-refractivity contribution >= 4 is 11.9 Å². The minimum atomic E-state index is -0.501. The van der Waals surface area contributed by atoms with Gasteiger partial charge in [0.25, 0.3) is 0 Å². The molecule has 0 aliphatic carbocycles. The van der Waals surface area contributed by atoms with E-state index in [1.807, 2.05) is 20.8 Å². The van der Waals surface area contributed by atoms with Gasteiger partial charge in [0.15, 0.2) is 0 Å². The van der Waals surface area contributed by atoms with E-state index in [0.717, 1.165) is 19.3 Å². The molecule has 0 bridgehead atoms. The highest BCUT2D eigenvalue weighted by Crippen LogP contribution is 2.27. The first-order valence-corrected chi connectivity index (χ1v) is 6.78. The molecule has 0 aromatic rings. The molecule has 0 saturated carbocycles. The lowest BCUT2D eigenvalue weighted by atomic mass is 9.93. The number of nitrogens with zero attached hydrogens (tertiary/aromatic N) is 1. The van der Waals surface area contributed by atoms with Crippen molar-refractivity contribution < 1.29 is 14.3 Å². The lowest BCUT2D eigenvalue weighted by Crippen LogP contribution is -2.53. The standard InChI is InChI=1S/C14H25NO3/c1-6-11-8-7-9-12(15(11)10(2)16)13(17)18-14(3,4)5/h11-12H,6-9H2,1-5H3. The lowest BCUT2D eigenvalue weighted by molar-refractivity contribution is -0.168. The lowest BCUT2D eigenvalue weighted by Gasteiger charge is -2.40. The Morgan fingerprint density at radius 2 is 1.89 bits per heavy atom. The first-order valence-electron chi connectivity index (χ1n) is 6.78. The number of hydrogen-bond acceptors (Lipinski definition) is 3. The summed E-state index contributed by atoms with van der Waals surface area (Å²) in [7, 11) is 0. The van der Waals surface area contributed by atoms with Crippen LogP contribution in [0.2, 0.25) is 0 Å². The number of rotatable bonds is 2. The Morgan fingerprint density at radius 3 is 2.33 bits per heavy atom. The molecule has 1 fully saturated rings. The third-order valence-electron chi connectivity index (χ3n) is 3.26. The molecule has 0 N–H and O–H groups in total. The molecule has 1 saturated heterocycles. The van der Waals surface area contributed by atoms with E-state index in [9.17, 15) is 9.59 Å². The van der Waals surface area contributed by atoms with Crippen molar-refractivity contribution in [1.82, 2.24) is 4.90 Å². The fourth-order valence-corrected chi connectivity index (χ4v) is 2.56. The molecule has 4 heteroatoms. The van der Waals surface area contributed by atoms with Crippen LogP contribution in [0.1, 0.15) is 60.3 Å². The topological polar surface area (TPSA) is 46.6 Å². The van der Waals surface area contributed by atoms with Gasteiger partial charge in [-0.05, 0) is 46.5 Å². The molecule has 0 spiro atoms. The second-order valence-corrected chi connectivity index (χ2v) is 5.97. The molecule has 1 amide bonds. The highest BCUT2D eigenvalue weighted by atomic mass is 16.6. The molecular weight excluding hydrogens is 230 g/mol. The van der Waals surface area contributed by atoms with Crippen LogP contribution in [0.15, 0.2) is 0 Å². The van der Waals surface area contributed by atoms with Gasteiger partial charge in [-0.25, -0.2) is 4.79 Å². The van der Waals surface area contributed by atoms with Gasteiger partial charge in [0, 0.05) is 13.0 Å². The van der Waals surface area contributed by atoms with Crippen molar-refractivity contribution in [3.8, 4) is 0 Å². The molecular formula is C14H25NO3. The smallest absolute Gasteiger partial charge is 0.329 e. The van der Waals surface area contributed by atoms with Gasteiger partial charge in [0.05, 0.1) is 0 Å². The van der Waals surface area contributed by atoms with E-state index < -0.39 is 11.6 Å². The van der Waals surface area contributed by atoms with E-state index in [1.165, 1.54) is 6.92 Å². The van der Waals surface area contributed by atoms with Crippen molar-refractivity contribution in [1.29, 1.82) is 0 Å². The van der Waals surface area contributed by atoms with E-state index in [4.69, 9.17) is 4.74 Å². The summed E-state index contributed by atoms with van der Waals surface area (Å²) in [6.07, 6.45) is 3.56. The third kappa shape index (κ3) is 3.72. The first kappa shape index (κ1) is 15.0. The maximum Gasteiger partial charge on any atom is 0.329 e. The summed E-state index contributed by atoms with van der Waals surface area (Å²) in [4.78, 5) is 25.7. The Balaban J connectivity index is 2.83. The summed E-state index contributed by atoms with van der Waals surface area (Å²) in [5, 5.41) is 0. The van der Waals surface area contributed by atoms with Gasteiger partial charge in [0.2, 0.25) is 5.91 Å². The maximum atomic E-state index is 12.2.